The van der Waals surface area contributed by atoms with Gasteiger partial charge in [-0.05, 0) is 24.6 Å². The van der Waals surface area contributed by atoms with Gasteiger partial charge in [-0.25, -0.2) is 9.99 Å². The monoisotopic (exact) mass is 399 g/mol. The maximum Gasteiger partial charge on any atom is 0.271 e. The summed E-state index contributed by atoms with van der Waals surface area (Å²) >= 11 is 1.49. The number of aryl methyl sites for hydroxylation is 1. The van der Waals surface area contributed by atoms with Crippen LogP contribution < -0.4 is 5.32 Å². The first-order valence-electron chi connectivity index (χ1n) is 8.75. The topological polar surface area (TPSA) is 95.0 Å². The van der Waals surface area contributed by atoms with Crippen LogP contribution in [0.4, 0.5) is 5.69 Å². The molecule has 0 saturated carbocycles. The molecule has 8 nitrogen and oxygen atoms in total. The minimum Gasteiger partial charge on any atom is -0.335 e. The number of hydrogen-bond donors (Lipinski definition) is 1. The Morgan fingerprint density at radius 1 is 1.32 bits per heavy atom. The van der Waals surface area contributed by atoms with E-state index in [1.54, 1.807) is 36.3 Å². The molecule has 0 radical (unpaired) electrons. The molecule has 0 fully saturated rings. The molecule has 2 heterocycles. The lowest BCUT2D eigenvalue weighted by Gasteiger charge is -2.20. The number of hydrogen-bond acceptors (Lipinski definition) is 6. The highest BCUT2D eigenvalue weighted by Gasteiger charge is 2.23. The quantitative estimate of drug-likeness (QED) is 0.834. The molecule has 3 amide bonds. The summed E-state index contributed by atoms with van der Waals surface area (Å²) in [5.41, 5.74) is 2.13. The Hall–Kier alpha value is -3.07. The molecule has 1 aromatic carbocycles. The van der Waals surface area contributed by atoms with Gasteiger partial charge in [0.25, 0.3) is 11.8 Å². The van der Waals surface area contributed by atoms with Gasteiger partial charge in [-0.1, -0.05) is 6.07 Å². The van der Waals surface area contributed by atoms with E-state index < -0.39 is 0 Å². The average molecular weight is 399 g/mol. The van der Waals surface area contributed by atoms with Crippen molar-refractivity contribution in [2.24, 2.45) is 5.10 Å². The lowest BCUT2D eigenvalue weighted by atomic mass is 10.1. The van der Waals surface area contributed by atoms with Crippen molar-refractivity contribution in [1.82, 2.24) is 14.9 Å². The molecule has 146 valence electrons. The zero-order valence-electron chi connectivity index (χ0n) is 15.9. The third kappa shape index (κ3) is 4.42. The van der Waals surface area contributed by atoms with E-state index in [0.29, 0.717) is 29.9 Å². The van der Waals surface area contributed by atoms with Gasteiger partial charge in [0, 0.05) is 49.8 Å². The average Bonchev–Trinajstić information content (AvgIpc) is 3.18. The highest BCUT2D eigenvalue weighted by molar-refractivity contribution is 7.09. The SMILES string of the molecule is Cc1ccc(C(=O)N(C)Cc2nccs2)cc1NC(=O)C1=NN(C)C(=O)CC1. The maximum absolute atomic E-state index is 12.7. The van der Waals surface area contributed by atoms with Gasteiger partial charge in [-0.2, -0.15) is 5.10 Å². The first-order chi connectivity index (χ1) is 13.3. The molecule has 0 bridgehead atoms. The van der Waals surface area contributed by atoms with Crippen molar-refractivity contribution < 1.29 is 14.4 Å². The summed E-state index contributed by atoms with van der Waals surface area (Å²) in [5, 5.41) is 10.7. The Morgan fingerprint density at radius 3 is 2.79 bits per heavy atom. The van der Waals surface area contributed by atoms with Crippen molar-refractivity contribution in [1.29, 1.82) is 0 Å². The van der Waals surface area contributed by atoms with Gasteiger partial charge >= 0.3 is 0 Å². The third-order valence-corrected chi connectivity index (χ3v) is 5.17. The van der Waals surface area contributed by atoms with Crippen molar-refractivity contribution in [2.75, 3.05) is 19.4 Å². The molecule has 1 N–H and O–H groups in total. The minimum absolute atomic E-state index is 0.122. The molecule has 9 heteroatoms. The zero-order chi connectivity index (χ0) is 20.3. The molecular formula is C19H21N5O3S. The molecule has 0 saturated heterocycles. The lowest BCUT2D eigenvalue weighted by Crippen LogP contribution is -2.34. The maximum atomic E-state index is 12.7. The fraction of sp³-hybridized carbons (Fsp3) is 0.316. The van der Waals surface area contributed by atoms with Crippen molar-refractivity contribution in [2.45, 2.75) is 26.3 Å². The summed E-state index contributed by atoms with van der Waals surface area (Å²) in [7, 11) is 3.24. The highest BCUT2D eigenvalue weighted by Crippen LogP contribution is 2.20. The van der Waals surface area contributed by atoms with Crippen LogP contribution in [0.1, 0.15) is 33.8 Å². The normalized spacial score (nSPS) is 13.9. The summed E-state index contributed by atoms with van der Waals surface area (Å²) < 4.78 is 0. The predicted molar refractivity (Wildman–Crippen MR) is 107 cm³/mol. The van der Waals surface area contributed by atoms with E-state index in [4.69, 9.17) is 0 Å². The molecule has 1 aromatic heterocycles. The van der Waals surface area contributed by atoms with Crippen LogP contribution in [0, 0.1) is 6.92 Å². The van der Waals surface area contributed by atoms with Gasteiger partial charge in [0.2, 0.25) is 5.91 Å². The van der Waals surface area contributed by atoms with Crippen LogP contribution in [0.25, 0.3) is 0 Å². The molecule has 0 unspecified atom stereocenters. The van der Waals surface area contributed by atoms with Crippen LogP contribution in [-0.2, 0) is 16.1 Å². The number of hydrazone groups is 1. The van der Waals surface area contributed by atoms with E-state index >= 15 is 0 Å². The zero-order valence-corrected chi connectivity index (χ0v) is 16.7. The van der Waals surface area contributed by atoms with Crippen LogP contribution in [-0.4, -0.2) is 52.4 Å². The molecular weight excluding hydrogens is 378 g/mol. The van der Waals surface area contributed by atoms with Crippen LogP contribution in [0.15, 0.2) is 34.9 Å². The van der Waals surface area contributed by atoms with Gasteiger partial charge in [0.05, 0.1) is 6.54 Å². The van der Waals surface area contributed by atoms with Gasteiger partial charge < -0.3 is 10.2 Å². The Kier molecular flexibility index (Phi) is 5.84. The molecule has 0 spiro atoms. The van der Waals surface area contributed by atoms with Crippen LogP contribution in [0.2, 0.25) is 0 Å². The smallest absolute Gasteiger partial charge is 0.271 e. The van der Waals surface area contributed by atoms with E-state index in [2.05, 4.69) is 15.4 Å². The number of aromatic nitrogens is 1. The Labute approximate surface area is 166 Å². The van der Waals surface area contributed by atoms with Crippen molar-refractivity contribution in [3.63, 3.8) is 0 Å². The first-order valence-corrected chi connectivity index (χ1v) is 9.63. The summed E-state index contributed by atoms with van der Waals surface area (Å²) in [6, 6.07) is 5.18. The Balaban J connectivity index is 1.74. The van der Waals surface area contributed by atoms with Crippen molar-refractivity contribution in [3.8, 4) is 0 Å². The Bertz CT molecular complexity index is 939. The fourth-order valence-electron chi connectivity index (χ4n) is 2.74. The largest absolute Gasteiger partial charge is 0.335 e. The molecule has 0 aliphatic carbocycles. The van der Waals surface area contributed by atoms with Crippen LogP contribution >= 0.6 is 11.3 Å². The number of carbonyl (C=O) groups is 3. The molecule has 2 aromatic rings. The number of nitrogens with zero attached hydrogens (tertiary/aromatic N) is 4. The van der Waals surface area contributed by atoms with Gasteiger partial charge in [-0.15, -0.1) is 11.3 Å². The van der Waals surface area contributed by atoms with Gasteiger partial charge in [0.15, 0.2) is 0 Å². The second-order valence-corrected chi connectivity index (χ2v) is 7.51. The van der Waals surface area contributed by atoms with Crippen LogP contribution in [0.5, 0.6) is 0 Å². The Morgan fingerprint density at radius 2 is 2.11 bits per heavy atom. The second kappa shape index (κ2) is 8.30. The number of benzene rings is 1. The number of nitrogens with one attached hydrogen (secondary N) is 1. The molecule has 1 aliphatic rings. The second-order valence-electron chi connectivity index (χ2n) is 6.53. The molecule has 0 atom stereocenters. The lowest BCUT2D eigenvalue weighted by molar-refractivity contribution is -0.130. The molecule has 1 aliphatic heterocycles. The summed E-state index contributed by atoms with van der Waals surface area (Å²) in [5.74, 6) is -0.655. The number of rotatable bonds is 5. The predicted octanol–water partition coefficient (Wildman–Crippen LogP) is 2.27. The standard InChI is InChI=1S/C19H21N5O3S/c1-12-4-5-13(19(27)23(2)11-16-20-8-9-28-16)10-15(12)21-18(26)14-6-7-17(25)24(3)22-14/h4-5,8-10H,6-7,11H2,1-3H3,(H,21,26). The van der Waals surface area contributed by atoms with E-state index in [1.807, 2.05) is 12.3 Å². The van der Waals surface area contributed by atoms with Crippen molar-refractivity contribution in [3.05, 3.63) is 45.9 Å². The van der Waals surface area contributed by atoms with Crippen LogP contribution in [0.3, 0.4) is 0 Å². The fourth-order valence-corrected chi connectivity index (χ4v) is 3.41. The van der Waals surface area contributed by atoms with E-state index in [1.165, 1.54) is 23.4 Å². The highest BCUT2D eigenvalue weighted by atomic mass is 32.1. The summed E-state index contributed by atoms with van der Waals surface area (Å²) in [6.45, 7) is 2.27. The number of carbonyl (C=O) groups excluding carboxylic acids is 3. The number of anilines is 1. The minimum atomic E-state index is -0.372. The summed E-state index contributed by atoms with van der Waals surface area (Å²) in [6.07, 6.45) is 2.25. The molecule has 3 rings (SSSR count). The number of amides is 3. The summed E-state index contributed by atoms with van der Waals surface area (Å²) in [4.78, 5) is 42.5. The van der Waals surface area contributed by atoms with E-state index in [-0.39, 0.29) is 24.1 Å². The first kappa shape index (κ1) is 19.7. The van der Waals surface area contributed by atoms with Crippen molar-refractivity contribution >= 4 is 40.5 Å². The van der Waals surface area contributed by atoms with Gasteiger partial charge in [-0.3, -0.25) is 14.4 Å². The van der Waals surface area contributed by atoms with E-state index in [9.17, 15) is 14.4 Å². The van der Waals surface area contributed by atoms with E-state index in [0.717, 1.165) is 10.6 Å². The van der Waals surface area contributed by atoms with Gasteiger partial charge in [0.1, 0.15) is 10.7 Å². The number of thiazole rings is 1. The molecule has 28 heavy (non-hydrogen) atoms. The third-order valence-electron chi connectivity index (χ3n) is 4.40.